The van der Waals surface area contributed by atoms with Gasteiger partial charge in [-0.1, -0.05) is 36.2 Å². The third-order valence-electron chi connectivity index (χ3n) is 4.48. The van der Waals surface area contributed by atoms with Crippen molar-refractivity contribution >= 4 is 5.91 Å². The van der Waals surface area contributed by atoms with Gasteiger partial charge in [0, 0.05) is 19.0 Å². The van der Waals surface area contributed by atoms with Crippen molar-refractivity contribution in [1.29, 1.82) is 0 Å². The molecule has 0 aromatic heterocycles. The molecule has 1 fully saturated rings. The van der Waals surface area contributed by atoms with Crippen LogP contribution in [0.2, 0.25) is 0 Å². The quantitative estimate of drug-likeness (QED) is 0.873. The minimum absolute atomic E-state index is 0.195. The average Bonchev–Trinajstić information content (AvgIpc) is 2.48. The summed E-state index contributed by atoms with van der Waals surface area (Å²) in [5, 5.41) is 3.04. The summed E-state index contributed by atoms with van der Waals surface area (Å²) in [6.07, 6.45) is 6.41. The van der Waals surface area contributed by atoms with E-state index in [-0.39, 0.29) is 5.91 Å². The molecule has 21 heavy (non-hydrogen) atoms. The number of benzene rings is 1. The molecule has 1 heterocycles. The van der Waals surface area contributed by atoms with E-state index in [0.29, 0.717) is 12.5 Å². The van der Waals surface area contributed by atoms with Gasteiger partial charge in [0.1, 0.15) is 0 Å². The van der Waals surface area contributed by atoms with E-state index in [4.69, 9.17) is 0 Å². The Morgan fingerprint density at radius 3 is 2.76 bits per heavy atom. The first-order valence-electron chi connectivity index (χ1n) is 8.17. The van der Waals surface area contributed by atoms with Gasteiger partial charge in [0.15, 0.2) is 0 Å². The minimum Gasteiger partial charge on any atom is -0.356 e. The Balaban J connectivity index is 1.62. The lowest BCUT2D eigenvalue weighted by Crippen LogP contribution is -2.37. The van der Waals surface area contributed by atoms with Crippen LogP contribution in [0.4, 0.5) is 0 Å². The van der Waals surface area contributed by atoms with Gasteiger partial charge in [0.05, 0.1) is 0 Å². The lowest BCUT2D eigenvalue weighted by molar-refractivity contribution is -0.121. The minimum atomic E-state index is 0.195. The van der Waals surface area contributed by atoms with E-state index in [9.17, 15) is 4.79 Å². The van der Waals surface area contributed by atoms with Gasteiger partial charge in [-0.2, -0.15) is 0 Å². The van der Waals surface area contributed by atoms with E-state index in [1.54, 1.807) is 0 Å². The molecule has 0 radical (unpaired) electrons. The summed E-state index contributed by atoms with van der Waals surface area (Å²) in [4.78, 5) is 14.3. The molecule has 0 unspecified atom stereocenters. The maximum atomic E-state index is 11.9. The van der Waals surface area contributed by atoms with Crippen molar-refractivity contribution in [3.8, 4) is 0 Å². The van der Waals surface area contributed by atoms with Gasteiger partial charge in [-0.15, -0.1) is 0 Å². The van der Waals surface area contributed by atoms with Crippen molar-refractivity contribution in [3.63, 3.8) is 0 Å². The van der Waals surface area contributed by atoms with Gasteiger partial charge >= 0.3 is 0 Å². The van der Waals surface area contributed by atoms with E-state index in [1.165, 1.54) is 36.9 Å². The number of hydrogen-bond donors (Lipinski definition) is 1. The molecular weight excluding hydrogens is 260 g/mol. The normalized spacial score (nSPS) is 19.4. The Morgan fingerprint density at radius 1 is 1.29 bits per heavy atom. The molecule has 3 heteroatoms. The molecule has 1 aliphatic heterocycles. The number of carbonyl (C=O) groups is 1. The van der Waals surface area contributed by atoms with Crippen molar-refractivity contribution < 1.29 is 4.79 Å². The first-order valence-corrected chi connectivity index (χ1v) is 8.17. The Bertz CT molecular complexity index is 441. The fourth-order valence-electron chi connectivity index (χ4n) is 3.00. The van der Waals surface area contributed by atoms with Crippen LogP contribution in [-0.2, 0) is 11.2 Å². The number of hydrogen-bond acceptors (Lipinski definition) is 2. The van der Waals surface area contributed by atoms with Gasteiger partial charge < -0.3 is 10.2 Å². The van der Waals surface area contributed by atoms with Gasteiger partial charge in [-0.3, -0.25) is 4.79 Å². The molecule has 0 spiro atoms. The maximum Gasteiger partial charge on any atom is 0.220 e. The molecule has 1 atom stereocenters. The lowest BCUT2D eigenvalue weighted by atomic mass is 9.98. The topological polar surface area (TPSA) is 32.3 Å². The standard InChI is InChI=1S/C18H28N2O/c1-15-6-8-16(9-7-15)12-13-19-18(21)11-10-17-5-3-4-14-20(17)2/h6-9,17H,3-5,10-14H2,1-2H3,(H,19,21)/t17-/m1/s1. The number of aryl methyl sites for hydroxylation is 1. The summed E-state index contributed by atoms with van der Waals surface area (Å²) >= 11 is 0. The molecule has 1 saturated heterocycles. The van der Waals surface area contributed by atoms with Crippen LogP contribution in [0.25, 0.3) is 0 Å². The van der Waals surface area contributed by atoms with Crippen molar-refractivity contribution in [2.45, 2.75) is 51.5 Å². The largest absolute Gasteiger partial charge is 0.356 e. The number of nitrogens with one attached hydrogen (secondary N) is 1. The molecule has 1 N–H and O–H groups in total. The van der Waals surface area contributed by atoms with Crippen molar-refractivity contribution in [2.75, 3.05) is 20.1 Å². The Labute approximate surface area is 128 Å². The molecule has 1 aromatic carbocycles. The fourth-order valence-corrected chi connectivity index (χ4v) is 3.00. The van der Waals surface area contributed by atoms with Crippen molar-refractivity contribution in [2.24, 2.45) is 0 Å². The van der Waals surface area contributed by atoms with Crippen LogP contribution in [0.3, 0.4) is 0 Å². The van der Waals surface area contributed by atoms with Crippen LogP contribution in [0.5, 0.6) is 0 Å². The smallest absolute Gasteiger partial charge is 0.220 e. The first kappa shape index (κ1) is 16.0. The molecule has 116 valence electrons. The number of rotatable bonds is 6. The molecule has 1 amide bonds. The zero-order valence-electron chi connectivity index (χ0n) is 13.4. The predicted octanol–water partition coefficient (Wildman–Crippen LogP) is 2.92. The lowest BCUT2D eigenvalue weighted by Gasteiger charge is -2.32. The van der Waals surface area contributed by atoms with E-state index in [1.807, 2.05) is 0 Å². The van der Waals surface area contributed by atoms with Crippen LogP contribution in [-0.4, -0.2) is 37.0 Å². The van der Waals surface area contributed by atoms with Gasteiger partial charge in [0.2, 0.25) is 5.91 Å². The van der Waals surface area contributed by atoms with Gasteiger partial charge in [-0.05, 0) is 51.8 Å². The van der Waals surface area contributed by atoms with Crippen molar-refractivity contribution in [3.05, 3.63) is 35.4 Å². The molecule has 0 bridgehead atoms. The third-order valence-corrected chi connectivity index (χ3v) is 4.48. The van der Waals surface area contributed by atoms with E-state index in [0.717, 1.165) is 19.4 Å². The summed E-state index contributed by atoms with van der Waals surface area (Å²) in [5.41, 5.74) is 2.56. The number of piperidine rings is 1. The first-order chi connectivity index (χ1) is 10.1. The molecule has 0 saturated carbocycles. The van der Waals surface area contributed by atoms with E-state index < -0.39 is 0 Å². The molecule has 1 aromatic rings. The van der Waals surface area contributed by atoms with E-state index in [2.05, 4.69) is 48.5 Å². The summed E-state index contributed by atoms with van der Waals surface area (Å²) < 4.78 is 0. The van der Waals surface area contributed by atoms with Crippen LogP contribution >= 0.6 is 0 Å². The molecule has 0 aliphatic carbocycles. The zero-order chi connectivity index (χ0) is 15.1. The Morgan fingerprint density at radius 2 is 2.05 bits per heavy atom. The Kier molecular flexibility index (Phi) is 6.24. The monoisotopic (exact) mass is 288 g/mol. The summed E-state index contributed by atoms with van der Waals surface area (Å²) in [6.45, 7) is 4.01. The van der Waals surface area contributed by atoms with Gasteiger partial charge in [-0.25, -0.2) is 0 Å². The van der Waals surface area contributed by atoms with Crippen molar-refractivity contribution in [1.82, 2.24) is 10.2 Å². The second kappa shape index (κ2) is 8.18. The molecular formula is C18H28N2O. The van der Waals surface area contributed by atoms with Crippen LogP contribution < -0.4 is 5.32 Å². The predicted molar refractivity (Wildman–Crippen MR) is 87.4 cm³/mol. The maximum absolute atomic E-state index is 11.9. The summed E-state index contributed by atoms with van der Waals surface area (Å²) in [7, 11) is 2.18. The average molecular weight is 288 g/mol. The SMILES string of the molecule is Cc1ccc(CCNC(=O)CC[C@H]2CCCCN2C)cc1. The summed E-state index contributed by atoms with van der Waals surface area (Å²) in [5.74, 6) is 0.195. The third kappa shape index (κ3) is 5.50. The number of likely N-dealkylation sites (tertiary alicyclic amines) is 1. The highest BCUT2D eigenvalue weighted by Crippen LogP contribution is 2.18. The fraction of sp³-hybridized carbons (Fsp3) is 0.611. The number of nitrogens with zero attached hydrogens (tertiary/aromatic N) is 1. The van der Waals surface area contributed by atoms with Gasteiger partial charge in [0.25, 0.3) is 0 Å². The Hall–Kier alpha value is -1.35. The molecule has 1 aliphatic rings. The van der Waals surface area contributed by atoms with Crippen LogP contribution in [0.1, 0.15) is 43.2 Å². The second-order valence-electron chi connectivity index (χ2n) is 6.25. The molecule has 3 nitrogen and oxygen atoms in total. The van der Waals surface area contributed by atoms with E-state index >= 15 is 0 Å². The number of amides is 1. The highest BCUT2D eigenvalue weighted by molar-refractivity contribution is 5.75. The number of carbonyl (C=O) groups excluding carboxylic acids is 1. The summed E-state index contributed by atoms with van der Waals surface area (Å²) in [6, 6.07) is 9.12. The zero-order valence-corrected chi connectivity index (χ0v) is 13.4. The molecule has 2 rings (SSSR count). The van der Waals surface area contributed by atoms with Crippen LogP contribution in [0.15, 0.2) is 24.3 Å². The van der Waals surface area contributed by atoms with Crippen LogP contribution in [0, 0.1) is 6.92 Å². The second-order valence-corrected chi connectivity index (χ2v) is 6.25. The highest BCUT2D eigenvalue weighted by Gasteiger charge is 2.19. The highest BCUT2D eigenvalue weighted by atomic mass is 16.1.